The Hall–Kier alpha value is -1.85. The molecule has 1 aliphatic carbocycles. The highest BCUT2D eigenvalue weighted by Gasteiger charge is 2.21. The fourth-order valence-corrected chi connectivity index (χ4v) is 4.03. The van der Waals surface area contributed by atoms with E-state index in [9.17, 15) is 4.79 Å². The van der Waals surface area contributed by atoms with E-state index < -0.39 is 12.3 Å². The van der Waals surface area contributed by atoms with Gasteiger partial charge in [0.2, 0.25) is 0 Å². The second-order valence-electron chi connectivity index (χ2n) is 8.50. The summed E-state index contributed by atoms with van der Waals surface area (Å²) in [4.78, 5) is 11.7. The highest BCUT2D eigenvalue weighted by molar-refractivity contribution is 5.83. The van der Waals surface area contributed by atoms with Crippen LogP contribution in [-0.2, 0) is 14.3 Å². The zero-order chi connectivity index (χ0) is 22.6. The van der Waals surface area contributed by atoms with Crippen LogP contribution in [0, 0.1) is 5.92 Å². The van der Waals surface area contributed by atoms with Crippen molar-refractivity contribution in [2.24, 2.45) is 5.92 Å². The van der Waals surface area contributed by atoms with E-state index in [0.29, 0.717) is 36.7 Å². The zero-order valence-corrected chi connectivity index (χ0v) is 19.7. The molecule has 5 heteroatoms. The first-order chi connectivity index (χ1) is 15.0. The highest BCUT2D eigenvalue weighted by atomic mass is 16.7. The Balaban J connectivity index is 1.80. The Morgan fingerprint density at radius 3 is 2.52 bits per heavy atom. The summed E-state index contributed by atoms with van der Waals surface area (Å²) in [5.41, 5.74) is 1.09. The van der Waals surface area contributed by atoms with E-state index in [2.05, 4.69) is 27.4 Å². The van der Waals surface area contributed by atoms with Crippen molar-refractivity contribution in [3.05, 3.63) is 36.4 Å². The second kappa shape index (κ2) is 13.5. The molecule has 1 aromatic carbocycles. The molecule has 0 heterocycles. The fraction of sp³-hybridized carbons (Fsp3) is 0.654. The summed E-state index contributed by atoms with van der Waals surface area (Å²) in [6, 6.07) is 5.69. The first-order valence-corrected chi connectivity index (χ1v) is 11.8. The van der Waals surface area contributed by atoms with E-state index in [0.717, 1.165) is 36.8 Å². The lowest BCUT2D eigenvalue weighted by Crippen LogP contribution is -2.25. The maximum atomic E-state index is 11.7. The maximum Gasteiger partial charge on any atom is 0.335 e. The molecule has 2 rings (SSSR count). The van der Waals surface area contributed by atoms with Crippen molar-refractivity contribution in [3.8, 4) is 11.5 Å². The van der Waals surface area contributed by atoms with Crippen LogP contribution in [0.15, 0.2) is 30.9 Å². The number of rotatable bonds is 13. The summed E-state index contributed by atoms with van der Waals surface area (Å²) in [6.07, 6.45) is 9.47. The van der Waals surface area contributed by atoms with Gasteiger partial charge in [-0.25, -0.2) is 4.79 Å². The van der Waals surface area contributed by atoms with Crippen LogP contribution >= 0.6 is 0 Å². The van der Waals surface area contributed by atoms with Gasteiger partial charge >= 0.3 is 5.97 Å². The Labute approximate surface area is 188 Å². The molecule has 2 atom stereocenters. The average Bonchev–Trinajstić information content (AvgIpc) is 2.78. The molecule has 0 amide bonds. The number of carbonyl (C=O) groups excluding carboxylic acids is 1. The van der Waals surface area contributed by atoms with E-state index in [4.69, 9.17) is 18.9 Å². The van der Waals surface area contributed by atoms with E-state index in [1.165, 1.54) is 25.7 Å². The third-order valence-corrected chi connectivity index (χ3v) is 6.10. The number of hydrogen-bond donors (Lipinski definition) is 0. The summed E-state index contributed by atoms with van der Waals surface area (Å²) in [5.74, 6) is 1.59. The SMILES string of the molecule is C=CC(=O)Oc1cc(C(C)CC)ccc1OC(C)OCCOC1CCC(CCC)CC1. The van der Waals surface area contributed by atoms with E-state index in [1.54, 1.807) is 0 Å². The summed E-state index contributed by atoms with van der Waals surface area (Å²) in [6.45, 7) is 12.8. The topological polar surface area (TPSA) is 54.0 Å². The number of carbonyl (C=O) groups is 1. The van der Waals surface area contributed by atoms with E-state index >= 15 is 0 Å². The van der Waals surface area contributed by atoms with Gasteiger partial charge in [0, 0.05) is 6.08 Å². The summed E-state index contributed by atoms with van der Waals surface area (Å²) in [5, 5.41) is 0. The number of esters is 1. The molecule has 31 heavy (non-hydrogen) atoms. The number of ether oxygens (including phenoxy) is 4. The van der Waals surface area contributed by atoms with Gasteiger partial charge in [0.15, 0.2) is 17.8 Å². The molecule has 1 aromatic rings. The van der Waals surface area contributed by atoms with Crippen molar-refractivity contribution in [1.82, 2.24) is 0 Å². The van der Waals surface area contributed by atoms with Gasteiger partial charge in [-0.15, -0.1) is 0 Å². The Morgan fingerprint density at radius 2 is 1.87 bits per heavy atom. The minimum Gasteiger partial charge on any atom is -0.461 e. The maximum absolute atomic E-state index is 11.7. The Morgan fingerprint density at radius 1 is 1.13 bits per heavy atom. The van der Waals surface area contributed by atoms with Crippen LogP contribution in [0.5, 0.6) is 11.5 Å². The van der Waals surface area contributed by atoms with Crippen LogP contribution in [0.1, 0.15) is 84.1 Å². The number of hydrogen-bond acceptors (Lipinski definition) is 5. The fourth-order valence-electron chi connectivity index (χ4n) is 4.03. The molecule has 0 saturated heterocycles. The van der Waals surface area contributed by atoms with Crippen molar-refractivity contribution in [3.63, 3.8) is 0 Å². The van der Waals surface area contributed by atoms with Crippen LogP contribution in [0.25, 0.3) is 0 Å². The predicted octanol–water partition coefficient (Wildman–Crippen LogP) is 6.41. The molecule has 0 radical (unpaired) electrons. The van der Waals surface area contributed by atoms with E-state index in [-0.39, 0.29) is 0 Å². The van der Waals surface area contributed by atoms with Gasteiger partial charge in [0.05, 0.1) is 19.3 Å². The molecular formula is C26H40O5. The molecule has 0 aromatic heterocycles. The van der Waals surface area contributed by atoms with Gasteiger partial charge in [0.1, 0.15) is 0 Å². The molecule has 174 valence electrons. The third-order valence-electron chi connectivity index (χ3n) is 6.10. The van der Waals surface area contributed by atoms with Gasteiger partial charge in [0.25, 0.3) is 0 Å². The van der Waals surface area contributed by atoms with Crippen LogP contribution in [0.4, 0.5) is 0 Å². The lowest BCUT2D eigenvalue weighted by molar-refractivity contribution is -0.129. The Kier molecular flexibility index (Phi) is 11.1. The normalized spacial score (nSPS) is 20.6. The Bertz CT molecular complexity index is 678. The summed E-state index contributed by atoms with van der Waals surface area (Å²) >= 11 is 0. The van der Waals surface area contributed by atoms with E-state index in [1.807, 2.05) is 25.1 Å². The molecule has 0 aliphatic heterocycles. The van der Waals surface area contributed by atoms with Crippen LogP contribution < -0.4 is 9.47 Å². The van der Waals surface area contributed by atoms with Crippen molar-refractivity contribution >= 4 is 5.97 Å². The van der Waals surface area contributed by atoms with Crippen molar-refractivity contribution in [2.45, 2.75) is 91.0 Å². The molecular weight excluding hydrogens is 392 g/mol. The molecule has 0 spiro atoms. The van der Waals surface area contributed by atoms with Gasteiger partial charge in [-0.05, 0) is 68.6 Å². The van der Waals surface area contributed by atoms with Crippen LogP contribution in [-0.4, -0.2) is 31.6 Å². The molecule has 1 fully saturated rings. The molecule has 5 nitrogen and oxygen atoms in total. The second-order valence-corrected chi connectivity index (χ2v) is 8.50. The van der Waals surface area contributed by atoms with Crippen LogP contribution in [0.2, 0.25) is 0 Å². The van der Waals surface area contributed by atoms with Gasteiger partial charge in [-0.3, -0.25) is 0 Å². The van der Waals surface area contributed by atoms with Gasteiger partial charge < -0.3 is 18.9 Å². The standard InChI is InChI=1S/C26H40O5/c1-6-9-21-10-13-23(14-11-21)29-17-16-28-20(5)30-24-15-12-22(19(4)7-2)18-25(24)31-26(27)8-3/h8,12,15,18-21,23H,3,6-7,9-11,13-14,16-17H2,1-2,4-5H3. The van der Waals surface area contributed by atoms with Crippen molar-refractivity contribution in [2.75, 3.05) is 13.2 Å². The first kappa shape index (κ1) is 25.4. The molecule has 1 aliphatic rings. The van der Waals surface area contributed by atoms with Gasteiger partial charge in [-0.2, -0.15) is 0 Å². The predicted molar refractivity (Wildman–Crippen MR) is 124 cm³/mol. The molecule has 1 saturated carbocycles. The van der Waals surface area contributed by atoms with Gasteiger partial charge in [-0.1, -0.05) is 46.3 Å². The largest absolute Gasteiger partial charge is 0.461 e. The minimum absolute atomic E-state index is 0.353. The quantitative estimate of drug-likeness (QED) is 0.119. The van der Waals surface area contributed by atoms with Crippen molar-refractivity contribution < 1.29 is 23.7 Å². The number of benzene rings is 1. The monoisotopic (exact) mass is 432 g/mol. The summed E-state index contributed by atoms with van der Waals surface area (Å²) in [7, 11) is 0. The minimum atomic E-state index is -0.512. The lowest BCUT2D eigenvalue weighted by Gasteiger charge is -2.28. The van der Waals surface area contributed by atoms with Crippen molar-refractivity contribution in [1.29, 1.82) is 0 Å². The molecule has 0 bridgehead atoms. The van der Waals surface area contributed by atoms with Crippen LogP contribution in [0.3, 0.4) is 0 Å². The molecule has 0 N–H and O–H groups in total. The lowest BCUT2D eigenvalue weighted by atomic mass is 9.85. The zero-order valence-electron chi connectivity index (χ0n) is 19.7. The smallest absolute Gasteiger partial charge is 0.335 e. The summed E-state index contributed by atoms with van der Waals surface area (Å²) < 4.78 is 23.1. The third kappa shape index (κ3) is 8.66. The first-order valence-electron chi connectivity index (χ1n) is 11.8. The molecule has 2 unspecified atom stereocenters. The highest BCUT2D eigenvalue weighted by Crippen LogP contribution is 2.33. The average molecular weight is 433 g/mol.